The molecule has 0 radical (unpaired) electrons. The Morgan fingerprint density at radius 3 is 2.86 bits per heavy atom. The summed E-state index contributed by atoms with van der Waals surface area (Å²) in [7, 11) is 0. The lowest BCUT2D eigenvalue weighted by Gasteiger charge is -2.58. The van der Waals surface area contributed by atoms with Gasteiger partial charge in [-0.15, -0.1) is 11.6 Å². The molecule has 0 amide bonds. The van der Waals surface area contributed by atoms with Gasteiger partial charge in [0.2, 0.25) is 0 Å². The molecule has 4 aliphatic rings. The second kappa shape index (κ2) is 3.38. The summed E-state index contributed by atoms with van der Waals surface area (Å²) in [6.07, 6.45) is 6.96. The van der Waals surface area contributed by atoms with Crippen molar-refractivity contribution in [2.24, 2.45) is 11.8 Å². The first-order chi connectivity index (χ1) is 6.79. The second-order valence-electron chi connectivity index (χ2n) is 5.47. The number of hydrogen-bond donors (Lipinski definition) is 0. The van der Waals surface area contributed by atoms with E-state index in [0.29, 0.717) is 5.38 Å². The van der Waals surface area contributed by atoms with Gasteiger partial charge in [0.15, 0.2) is 0 Å². The van der Waals surface area contributed by atoms with Crippen molar-refractivity contribution in [2.45, 2.75) is 56.5 Å². The molecule has 4 fully saturated rings. The molecule has 4 bridgehead atoms. The van der Waals surface area contributed by atoms with Gasteiger partial charge in [0, 0.05) is 12.1 Å². The average Bonchev–Trinajstić information content (AvgIpc) is 2.18. The van der Waals surface area contributed by atoms with Crippen LogP contribution in [0, 0.1) is 11.8 Å². The molecule has 4 rings (SSSR count). The monoisotopic (exact) mass is 213 g/mol. The number of alkyl halides is 1. The van der Waals surface area contributed by atoms with E-state index in [0.717, 1.165) is 23.9 Å². The Morgan fingerprint density at radius 2 is 2.07 bits per heavy atom. The molecular formula is C12H20ClN. The molecule has 0 aromatic rings. The van der Waals surface area contributed by atoms with Crippen LogP contribution < -0.4 is 0 Å². The maximum Gasteiger partial charge on any atom is 0.0520 e. The number of piperidine rings is 2. The molecule has 2 aliphatic carbocycles. The topological polar surface area (TPSA) is 3.24 Å². The van der Waals surface area contributed by atoms with E-state index in [1.807, 2.05) is 0 Å². The van der Waals surface area contributed by atoms with Crippen molar-refractivity contribution in [3.63, 3.8) is 0 Å². The minimum atomic E-state index is 0.467. The lowest BCUT2D eigenvalue weighted by Crippen LogP contribution is -2.63. The molecule has 2 aliphatic heterocycles. The summed E-state index contributed by atoms with van der Waals surface area (Å²) >= 11 is 6.56. The second-order valence-corrected chi connectivity index (χ2v) is 5.98. The molecule has 0 aromatic heterocycles. The first-order valence-electron chi connectivity index (χ1n) is 6.19. The van der Waals surface area contributed by atoms with E-state index in [2.05, 4.69) is 11.8 Å². The SMILES string of the molecule is CCCN1C2CC3CC(C2)C(Cl)C1C3. The van der Waals surface area contributed by atoms with Crippen LogP contribution in [0.25, 0.3) is 0 Å². The van der Waals surface area contributed by atoms with E-state index < -0.39 is 0 Å². The third kappa shape index (κ3) is 1.25. The summed E-state index contributed by atoms with van der Waals surface area (Å²) in [6.45, 7) is 3.56. The zero-order valence-corrected chi connectivity index (χ0v) is 9.71. The van der Waals surface area contributed by atoms with Crippen LogP contribution in [0.2, 0.25) is 0 Å². The zero-order chi connectivity index (χ0) is 9.71. The van der Waals surface area contributed by atoms with E-state index >= 15 is 0 Å². The lowest BCUT2D eigenvalue weighted by molar-refractivity contribution is -0.0547. The van der Waals surface area contributed by atoms with E-state index in [1.54, 1.807) is 0 Å². The van der Waals surface area contributed by atoms with Crippen molar-refractivity contribution in [1.29, 1.82) is 0 Å². The maximum atomic E-state index is 6.56. The largest absolute Gasteiger partial charge is 0.296 e. The molecule has 0 N–H and O–H groups in total. The van der Waals surface area contributed by atoms with Gasteiger partial charge in [0.25, 0.3) is 0 Å². The van der Waals surface area contributed by atoms with Gasteiger partial charge >= 0.3 is 0 Å². The predicted molar refractivity (Wildman–Crippen MR) is 59.7 cm³/mol. The molecule has 80 valence electrons. The first kappa shape index (κ1) is 9.47. The maximum absolute atomic E-state index is 6.56. The van der Waals surface area contributed by atoms with Crippen LogP contribution in [0.5, 0.6) is 0 Å². The third-order valence-corrected chi connectivity index (χ3v) is 5.23. The Labute approximate surface area is 91.8 Å². The van der Waals surface area contributed by atoms with Gasteiger partial charge in [-0.3, -0.25) is 4.90 Å². The molecule has 0 spiro atoms. The zero-order valence-electron chi connectivity index (χ0n) is 8.95. The summed E-state index contributed by atoms with van der Waals surface area (Å²) in [4.78, 5) is 2.73. The molecule has 2 heterocycles. The van der Waals surface area contributed by atoms with Gasteiger partial charge in [-0.05, 0) is 50.5 Å². The highest BCUT2D eigenvalue weighted by Crippen LogP contribution is 2.50. The highest BCUT2D eigenvalue weighted by Gasteiger charge is 2.51. The molecule has 2 saturated heterocycles. The van der Waals surface area contributed by atoms with Crippen molar-refractivity contribution < 1.29 is 0 Å². The van der Waals surface area contributed by atoms with E-state index in [-0.39, 0.29) is 0 Å². The summed E-state index contributed by atoms with van der Waals surface area (Å²) in [5, 5.41) is 0.467. The quantitative estimate of drug-likeness (QED) is 0.638. The van der Waals surface area contributed by atoms with Crippen LogP contribution in [0.1, 0.15) is 39.0 Å². The molecule has 5 unspecified atom stereocenters. The van der Waals surface area contributed by atoms with Crippen LogP contribution >= 0.6 is 11.6 Å². The van der Waals surface area contributed by atoms with Crippen LogP contribution in [0.3, 0.4) is 0 Å². The van der Waals surface area contributed by atoms with Gasteiger partial charge in [-0.1, -0.05) is 6.92 Å². The van der Waals surface area contributed by atoms with Gasteiger partial charge in [-0.2, -0.15) is 0 Å². The van der Waals surface area contributed by atoms with E-state index in [1.165, 1.54) is 38.6 Å². The summed E-state index contributed by atoms with van der Waals surface area (Å²) in [6, 6.07) is 1.63. The average molecular weight is 214 g/mol. The predicted octanol–water partition coefficient (Wildman–Crippen LogP) is 2.88. The van der Waals surface area contributed by atoms with Crippen molar-refractivity contribution >= 4 is 11.6 Å². The van der Waals surface area contributed by atoms with Crippen molar-refractivity contribution in [3.8, 4) is 0 Å². The van der Waals surface area contributed by atoms with Crippen LogP contribution in [-0.4, -0.2) is 28.9 Å². The Morgan fingerprint density at radius 1 is 1.21 bits per heavy atom. The Hall–Kier alpha value is 0.250. The van der Waals surface area contributed by atoms with Gasteiger partial charge in [-0.25, -0.2) is 0 Å². The van der Waals surface area contributed by atoms with Crippen LogP contribution in [-0.2, 0) is 0 Å². The van der Waals surface area contributed by atoms with Gasteiger partial charge < -0.3 is 0 Å². The fraction of sp³-hybridized carbons (Fsp3) is 1.00. The lowest BCUT2D eigenvalue weighted by atomic mass is 9.63. The van der Waals surface area contributed by atoms with E-state index in [4.69, 9.17) is 11.6 Å². The third-order valence-electron chi connectivity index (χ3n) is 4.59. The minimum absolute atomic E-state index is 0.467. The van der Waals surface area contributed by atoms with Crippen LogP contribution in [0.15, 0.2) is 0 Å². The molecule has 1 nitrogen and oxygen atoms in total. The number of hydrogen-bond acceptors (Lipinski definition) is 1. The molecule has 0 aromatic carbocycles. The van der Waals surface area contributed by atoms with E-state index in [9.17, 15) is 0 Å². The highest BCUT2D eigenvalue weighted by molar-refractivity contribution is 6.21. The Balaban J connectivity index is 1.82. The summed E-state index contributed by atoms with van der Waals surface area (Å²) in [5.74, 6) is 1.87. The number of halogens is 1. The molecule has 5 atom stereocenters. The van der Waals surface area contributed by atoms with Crippen molar-refractivity contribution in [1.82, 2.24) is 4.90 Å². The van der Waals surface area contributed by atoms with Gasteiger partial charge in [0.05, 0.1) is 5.38 Å². The summed E-state index contributed by atoms with van der Waals surface area (Å²) < 4.78 is 0. The Kier molecular flexibility index (Phi) is 2.29. The summed E-state index contributed by atoms with van der Waals surface area (Å²) in [5.41, 5.74) is 0. The van der Waals surface area contributed by atoms with Crippen molar-refractivity contribution in [3.05, 3.63) is 0 Å². The smallest absolute Gasteiger partial charge is 0.0520 e. The van der Waals surface area contributed by atoms with Gasteiger partial charge in [0.1, 0.15) is 0 Å². The number of nitrogens with zero attached hydrogens (tertiary/aromatic N) is 1. The standard InChI is InChI=1S/C12H20ClN/c1-2-3-14-10-5-8-4-9(7-10)12(13)11(14)6-8/h8-12H,2-7H2,1H3. The minimum Gasteiger partial charge on any atom is -0.296 e. The fourth-order valence-electron chi connectivity index (χ4n) is 4.16. The molecule has 2 heteroatoms. The number of rotatable bonds is 2. The van der Waals surface area contributed by atoms with Crippen LogP contribution in [0.4, 0.5) is 0 Å². The fourth-order valence-corrected chi connectivity index (χ4v) is 4.61. The normalized spacial score (nSPS) is 51.4. The van der Waals surface area contributed by atoms with Crippen molar-refractivity contribution in [2.75, 3.05) is 6.54 Å². The Bertz CT molecular complexity index is 230. The highest BCUT2D eigenvalue weighted by atomic mass is 35.5. The first-order valence-corrected chi connectivity index (χ1v) is 6.63. The molecule has 2 saturated carbocycles. The molecule has 14 heavy (non-hydrogen) atoms. The molecular weight excluding hydrogens is 194 g/mol.